The van der Waals surface area contributed by atoms with Gasteiger partial charge in [-0.05, 0) is 60.5 Å². The minimum atomic E-state index is -0.759. The van der Waals surface area contributed by atoms with E-state index < -0.39 is 11.9 Å². The summed E-state index contributed by atoms with van der Waals surface area (Å²) in [4.78, 5) is 29.7. The van der Waals surface area contributed by atoms with Crippen molar-refractivity contribution in [3.05, 3.63) is 115 Å². The number of carbonyl (C=O) groups is 2. The average Bonchev–Trinajstić information content (AvgIpc) is 3.19. The Kier molecular flexibility index (Phi) is 8.87. The molecule has 3 aromatic rings. The number of carbonyl (C=O) groups excluding carboxylic acids is 2. The van der Waals surface area contributed by atoms with Crippen LogP contribution in [0.2, 0.25) is 5.02 Å². The number of hydrogen-bond acceptors (Lipinski definition) is 6. The van der Waals surface area contributed by atoms with Crippen LogP contribution >= 0.6 is 39.3 Å². The third-order valence-electron chi connectivity index (χ3n) is 5.16. The maximum absolute atomic E-state index is 12.7. The molecule has 0 saturated carbocycles. The molecule has 1 aliphatic heterocycles. The lowest BCUT2D eigenvalue weighted by Gasteiger charge is -2.09. The monoisotopic (exact) mass is 597 g/mol. The standard InChI is InChI=1S/C28H21BrClNO5S/c1-2-35-28(34)24-25(32)23(37-27(24)31-26(33)19-6-4-3-5-7-19)15-18-10-13-22(21(30)14-18)36-16-17-8-11-20(29)12-9-17/h3-15,32H,2,16H2,1H3/b23-15-,31-27?. The Hall–Kier alpha value is -3.33. The summed E-state index contributed by atoms with van der Waals surface area (Å²) >= 11 is 10.9. The molecule has 0 spiro atoms. The molecule has 188 valence electrons. The zero-order valence-electron chi connectivity index (χ0n) is 19.6. The van der Waals surface area contributed by atoms with Crippen molar-refractivity contribution in [2.45, 2.75) is 13.5 Å². The molecular weight excluding hydrogens is 578 g/mol. The number of amides is 1. The van der Waals surface area contributed by atoms with Crippen LogP contribution in [0.5, 0.6) is 5.75 Å². The average molecular weight is 599 g/mol. The minimum absolute atomic E-state index is 0.0663. The fraction of sp³-hybridized carbons (Fsp3) is 0.107. The van der Waals surface area contributed by atoms with Gasteiger partial charge in [0.25, 0.3) is 5.91 Å². The Labute approximate surface area is 231 Å². The van der Waals surface area contributed by atoms with Crippen LogP contribution in [-0.4, -0.2) is 28.6 Å². The molecule has 0 fully saturated rings. The highest BCUT2D eigenvalue weighted by molar-refractivity contribution is 9.10. The lowest BCUT2D eigenvalue weighted by Crippen LogP contribution is -2.14. The second kappa shape index (κ2) is 12.3. The lowest BCUT2D eigenvalue weighted by atomic mass is 10.1. The normalized spacial score (nSPS) is 15.3. The largest absolute Gasteiger partial charge is 0.506 e. The highest BCUT2D eigenvalue weighted by Crippen LogP contribution is 2.40. The third kappa shape index (κ3) is 6.71. The SMILES string of the molecule is CCOC(=O)C1=C(O)/C(=C/c2ccc(OCc3ccc(Br)cc3)c(Cl)c2)SC1=NC(=O)c1ccccc1. The number of esters is 1. The summed E-state index contributed by atoms with van der Waals surface area (Å²) in [5.41, 5.74) is 1.87. The summed E-state index contributed by atoms with van der Waals surface area (Å²) in [6.07, 6.45) is 1.65. The molecular formula is C28H21BrClNO5S. The Morgan fingerprint density at radius 3 is 2.49 bits per heavy atom. The van der Waals surface area contributed by atoms with Crippen molar-refractivity contribution in [2.75, 3.05) is 6.61 Å². The van der Waals surface area contributed by atoms with E-state index in [1.807, 2.05) is 24.3 Å². The van der Waals surface area contributed by atoms with E-state index in [1.54, 1.807) is 61.5 Å². The number of benzene rings is 3. The van der Waals surface area contributed by atoms with Crippen LogP contribution in [0, 0.1) is 0 Å². The zero-order chi connectivity index (χ0) is 26.4. The van der Waals surface area contributed by atoms with Crippen molar-refractivity contribution < 1.29 is 24.2 Å². The molecule has 1 heterocycles. The smallest absolute Gasteiger partial charge is 0.344 e. The van der Waals surface area contributed by atoms with Crippen LogP contribution in [-0.2, 0) is 16.1 Å². The van der Waals surface area contributed by atoms with Gasteiger partial charge in [-0.25, -0.2) is 9.79 Å². The number of aliphatic imine (C=N–C) groups is 1. The second-order valence-electron chi connectivity index (χ2n) is 7.75. The van der Waals surface area contributed by atoms with Crippen LogP contribution in [0.15, 0.2) is 98.5 Å². The molecule has 1 aliphatic rings. The van der Waals surface area contributed by atoms with Crippen LogP contribution in [0.3, 0.4) is 0 Å². The highest BCUT2D eigenvalue weighted by Gasteiger charge is 2.34. The molecule has 0 unspecified atom stereocenters. The van der Waals surface area contributed by atoms with Crippen LogP contribution in [0.1, 0.15) is 28.4 Å². The van der Waals surface area contributed by atoms with Gasteiger partial charge >= 0.3 is 5.97 Å². The molecule has 4 rings (SSSR count). The molecule has 0 aromatic heterocycles. The lowest BCUT2D eigenvalue weighted by molar-refractivity contribution is -0.138. The first-order chi connectivity index (χ1) is 17.9. The maximum Gasteiger partial charge on any atom is 0.344 e. The first kappa shape index (κ1) is 26.7. The maximum atomic E-state index is 12.7. The van der Waals surface area contributed by atoms with Crippen LogP contribution in [0.4, 0.5) is 0 Å². The van der Waals surface area contributed by atoms with Crippen LogP contribution in [0.25, 0.3) is 6.08 Å². The Bertz CT molecular complexity index is 1420. The number of nitrogens with zero attached hydrogens (tertiary/aromatic N) is 1. The van der Waals surface area contributed by atoms with Crippen molar-refractivity contribution in [1.29, 1.82) is 0 Å². The molecule has 37 heavy (non-hydrogen) atoms. The Morgan fingerprint density at radius 2 is 1.81 bits per heavy atom. The van der Waals surface area contributed by atoms with Crippen LogP contribution < -0.4 is 4.74 Å². The Morgan fingerprint density at radius 1 is 1.08 bits per heavy atom. The highest BCUT2D eigenvalue weighted by atomic mass is 79.9. The summed E-state index contributed by atoms with van der Waals surface area (Å²) in [7, 11) is 0. The van der Waals surface area contributed by atoms with E-state index in [0.717, 1.165) is 21.8 Å². The summed E-state index contributed by atoms with van der Waals surface area (Å²) < 4.78 is 11.9. The molecule has 9 heteroatoms. The number of thioether (sulfide) groups is 1. The molecule has 0 saturated heterocycles. The minimum Gasteiger partial charge on any atom is -0.506 e. The molecule has 0 radical (unpaired) electrons. The molecule has 0 aliphatic carbocycles. The predicted octanol–water partition coefficient (Wildman–Crippen LogP) is 7.38. The number of ether oxygens (including phenoxy) is 2. The van der Waals surface area contributed by atoms with E-state index >= 15 is 0 Å². The van der Waals surface area contributed by atoms with Gasteiger partial charge in [-0.15, -0.1) is 0 Å². The van der Waals surface area contributed by atoms with E-state index in [4.69, 9.17) is 21.1 Å². The molecule has 1 N–H and O–H groups in total. The van der Waals surface area contributed by atoms with Gasteiger partial charge in [0.05, 0.1) is 16.5 Å². The molecule has 1 amide bonds. The fourth-order valence-corrected chi connectivity index (χ4v) is 4.87. The van der Waals surface area contributed by atoms with E-state index in [1.165, 1.54) is 0 Å². The van der Waals surface area contributed by atoms with Gasteiger partial charge in [0.15, 0.2) is 0 Å². The van der Waals surface area contributed by atoms with Crippen molar-refractivity contribution in [2.24, 2.45) is 4.99 Å². The van der Waals surface area contributed by atoms with E-state index in [9.17, 15) is 14.7 Å². The van der Waals surface area contributed by atoms with Crippen molar-refractivity contribution >= 4 is 62.3 Å². The molecule has 0 bridgehead atoms. The summed E-state index contributed by atoms with van der Waals surface area (Å²) in [6, 6.07) is 21.4. The molecule has 0 atom stereocenters. The van der Waals surface area contributed by atoms with Crippen molar-refractivity contribution in [3.63, 3.8) is 0 Å². The van der Waals surface area contributed by atoms with Gasteiger partial charge in [-0.1, -0.05) is 75.7 Å². The van der Waals surface area contributed by atoms with Gasteiger partial charge in [0.2, 0.25) is 0 Å². The predicted molar refractivity (Wildman–Crippen MR) is 150 cm³/mol. The number of hydrogen-bond donors (Lipinski definition) is 1. The first-order valence-corrected chi connectivity index (χ1v) is 13.2. The fourth-order valence-electron chi connectivity index (χ4n) is 3.35. The molecule has 3 aromatic carbocycles. The van der Waals surface area contributed by atoms with Gasteiger partial charge in [0.1, 0.15) is 28.7 Å². The number of rotatable bonds is 7. The van der Waals surface area contributed by atoms with Gasteiger partial charge < -0.3 is 14.6 Å². The summed E-state index contributed by atoms with van der Waals surface area (Å²) in [6.45, 7) is 2.12. The van der Waals surface area contributed by atoms with Crippen molar-refractivity contribution in [3.8, 4) is 5.75 Å². The van der Waals surface area contributed by atoms with Gasteiger partial charge in [-0.3, -0.25) is 4.79 Å². The van der Waals surface area contributed by atoms with E-state index in [-0.39, 0.29) is 23.0 Å². The summed E-state index contributed by atoms with van der Waals surface area (Å²) in [5, 5.41) is 11.3. The Balaban J connectivity index is 1.58. The third-order valence-corrected chi connectivity index (χ3v) is 7.00. The van der Waals surface area contributed by atoms with E-state index in [0.29, 0.717) is 33.4 Å². The van der Waals surface area contributed by atoms with E-state index in [2.05, 4.69) is 20.9 Å². The van der Waals surface area contributed by atoms with Gasteiger partial charge in [0, 0.05) is 10.0 Å². The number of aliphatic hydroxyl groups is 1. The topological polar surface area (TPSA) is 85.2 Å². The summed E-state index contributed by atoms with van der Waals surface area (Å²) in [5.74, 6) is -1.09. The van der Waals surface area contributed by atoms with Crippen molar-refractivity contribution in [1.82, 2.24) is 0 Å². The number of halogens is 2. The molecule has 6 nitrogen and oxygen atoms in total. The van der Waals surface area contributed by atoms with Gasteiger partial charge in [-0.2, -0.15) is 0 Å². The number of aliphatic hydroxyl groups excluding tert-OH is 1. The second-order valence-corrected chi connectivity index (χ2v) is 10.1. The zero-order valence-corrected chi connectivity index (χ0v) is 22.8. The quantitative estimate of drug-likeness (QED) is 0.286. The first-order valence-electron chi connectivity index (χ1n) is 11.2.